The Morgan fingerprint density at radius 3 is 2.29 bits per heavy atom. The van der Waals surface area contributed by atoms with Gasteiger partial charge in [-0.2, -0.15) is 0 Å². The lowest BCUT2D eigenvalue weighted by Gasteiger charge is -2.06. The van der Waals surface area contributed by atoms with E-state index in [1.165, 1.54) is 11.1 Å². The molecular formula is C21H17NO2. The molecule has 3 rings (SSSR count). The number of benzene rings is 3. The molecule has 0 radical (unpaired) electrons. The molecule has 3 aromatic rings. The average Bonchev–Trinajstić information content (AvgIpc) is 2.61. The van der Waals surface area contributed by atoms with Crippen molar-refractivity contribution in [3.8, 4) is 11.1 Å². The number of aromatic carboxylic acids is 1. The number of aryl methyl sites for hydroxylation is 1. The standard InChI is InChI=1S/C21H17NO2/c1-15-13-19(11-12-20(15)17-5-3-2-4-6-17)22-14-16-7-9-18(10-8-16)21(23)24/h2-14H,1H3,(H,23,24). The molecular weight excluding hydrogens is 298 g/mol. The van der Waals surface area contributed by atoms with E-state index in [0.29, 0.717) is 0 Å². The van der Waals surface area contributed by atoms with E-state index in [-0.39, 0.29) is 5.56 Å². The van der Waals surface area contributed by atoms with Crippen molar-refractivity contribution in [2.24, 2.45) is 4.99 Å². The van der Waals surface area contributed by atoms with Crippen LogP contribution in [0.5, 0.6) is 0 Å². The first-order valence-electron chi connectivity index (χ1n) is 7.67. The minimum Gasteiger partial charge on any atom is -0.478 e. The van der Waals surface area contributed by atoms with E-state index in [9.17, 15) is 4.79 Å². The van der Waals surface area contributed by atoms with Gasteiger partial charge in [-0.15, -0.1) is 0 Å². The molecule has 0 saturated heterocycles. The number of aliphatic imine (C=N–C) groups is 1. The van der Waals surface area contributed by atoms with E-state index < -0.39 is 5.97 Å². The Morgan fingerprint density at radius 1 is 0.958 bits per heavy atom. The van der Waals surface area contributed by atoms with Crippen LogP contribution in [0, 0.1) is 6.92 Å². The third-order valence-electron chi connectivity index (χ3n) is 3.82. The fraction of sp³-hybridized carbons (Fsp3) is 0.0476. The number of carboxylic acids is 1. The van der Waals surface area contributed by atoms with E-state index in [1.54, 1.807) is 30.5 Å². The predicted molar refractivity (Wildman–Crippen MR) is 97.3 cm³/mol. The second kappa shape index (κ2) is 6.92. The number of hydrogen-bond donors (Lipinski definition) is 1. The van der Waals surface area contributed by atoms with Crippen LogP contribution >= 0.6 is 0 Å². The SMILES string of the molecule is Cc1cc(N=Cc2ccc(C(=O)O)cc2)ccc1-c1ccccc1. The molecule has 0 aliphatic rings. The molecule has 0 aliphatic heterocycles. The molecule has 3 aromatic carbocycles. The van der Waals surface area contributed by atoms with Crippen LogP contribution in [-0.4, -0.2) is 17.3 Å². The molecule has 0 aromatic heterocycles. The lowest BCUT2D eigenvalue weighted by atomic mass is 10.0. The summed E-state index contributed by atoms with van der Waals surface area (Å²) in [5.41, 5.74) is 5.56. The van der Waals surface area contributed by atoms with Crippen LogP contribution in [0.25, 0.3) is 11.1 Å². The van der Waals surface area contributed by atoms with E-state index in [1.807, 2.05) is 30.3 Å². The highest BCUT2D eigenvalue weighted by Crippen LogP contribution is 2.26. The lowest BCUT2D eigenvalue weighted by molar-refractivity contribution is 0.0697. The summed E-state index contributed by atoms with van der Waals surface area (Å²) in [6.45, 7) is 2.07. The van der Waals surface area contributed by atoms with Gasteiger partial charge in [-0.3, -0.25) is 4.99 Å². The molecule has 0 fully saturated rings. The Morgan fingerprint density at radius 2 is 1.67 bits per heavy atom. The van der Waals surface area contributed by atoms with E-state index >= 15 is 0 Å². The number of rotatable bonds is 4. The van der Waals surface area contributed by atoms with Crippen molar-refractivity contribution >= 4 is 17.9 Å². The maximum Gasteiger partial charge on any atom is 0.335 e. The van der Waals surface area contributed by atoms with Crippen molar-refractivity contribution in [2.75, 3.05) is 0 Å². The van der Waals surface area contributed by atoms with Gasteiger partial charge in [0.1, 0.15) is 0 Å². The Labute approximate surface area is 140 Å². The van der Waals surface area contributed by atoms with E-state index in [2.05, 4.69) is 30.1 Å². The van der Waals surface area contributed by atoms with E-state index in [4.69, 9.17) is 5.11 Å². The molecule has 118 valence electrons. The highest BCUT2D eigenvalue weighted by molar-refractivity contribution is 5.89. The number of nitrogens with zero attached hydrogens (tertiary/aromatic N) is 1. The van der Waals surface area contributed by atoms with E-state index in [0.717, 1.165) is 16.8 Å². The molecule has 0 heterocycles. The van der Waals surface area contributed by atoms with Crippen LogP contribution in [0.15, 0.2) is 77.8 Å². The molecule has 0 saturated carbocycles. The van der Waals surface area contributed by atoms with Gasteiger partial charge in [-0.1, -0.05) is 48.5 Å². The summed E-state index contributed by atoms with van der Waals surface area (Å²) in [7, 11) is 0. The van der Waals surface area contributed by atoms with Crippen molar-refractivity contribution in [3.05, 3.63) is 89.5 Å². The van der Waals surface area contributed by atoms with Gasteiger partial charge >= 0.3 is 5.97 Å². The molecule has 0 unspecified atom stereocenters. The monoisotopic (exact) mass is 315 g/mol. The number of carbonyl (C=O) groups is 1. The minimum absolute atomic E-state index is 0.273. The maximum absolute atomic E-state index is 10.8. The lowest BCUT2D eigenvalue weighted by Crippen LogP contribution is -1.95. The van der Waals surface area contributed by atoms with Gasteiger partial charge in [0.25, 0.3) is 0 Å². The largest absolute Gasteiger partial charge is 0.478 e. The quantitative estimate of drug-likeness (QED) is 0.680. The minimum atomic E-state index is -0.925. The van der Waals surface area contributed by atoms with Crippen LogP contribution < -0.4 is 0 Å². The van der Waals surface area contributed by atoms with Crippen LogP contribution in [0.3, 0.4) is 0 Å². The smallest absolute Gasteiger partial charge is 0.335 e. The summed E-state index contributed by atoms with van der Waals surface area (Å²) in [4.78, 5) is 15.3. The zero-order valence-corrected chi connectivity index (χ0v) is 13.3. The van der Waals surface area contributed by atoms with Crippen LogP contribution in [0.4, 0.5) is 5.69 Å². The van der Waals surface area contributed by atoms with Crippen molar-refractivity contribution in [3.63, 3.8) is 0 Å². The predicted octanol–water partition coefficient (Wildman–Crippen LogP) is 5.11. The molecule has 0 spiro atoms. The van der Waals surface area contributed by atoms with Gasteiger partial charge < -0.3 is 5.11 Å². The van der Waals surface area contributed by atoms with Crippen molar-refractivity contribution in [1.82, 2.24) is 0 Å². The zero-order chi connectivity index (χ0) is 16.9. The molecule has 0 atom stereocenters. The molecule has 0 amide bonds. The summed E-state index contributed by atoms with van der Waals surface area (Å²) in [5, 5.41) is 8.90. The average molecular weight is 315 g/mol. The highest BCUT2D eigenvalue weighted by Gasteiger charge is 2.03. The van der Waals surface area contributed by atoms with Crippen LogP contribution in [0.2, 0.25) is 0 Å². The molecule has 24 heavy (non-hydrogen) atoms. The van der Waals surface area contributed by atoms with Crippen molar-refractivity contribution < 1.29 is 9.90 Å². The maximum atomic E-state index is 10.8. The van der Waals surface area contributed by atoms with Gasteiger partial charge in [0.2, 0.25) is 0 Å². The van der Waals surface area contributed by atoms with Crippen LogP contribution in [-0.2, 0) is 0 Å². The van der Waals surface area contributed by atoms with Gasteiger partial charge in [0.05, 0.1) is 11.3 Å². The highest BCUT2D eigenvalue weighted by atomic mass is 16.4. The van der Waals surface area contributed by atoms with Crippen molar-refractivity contribution in [1.29, 1.82) is 0 Å². The third-order valence-corrected chi connectivity index (χ3v) is 3.82. The first kappa shape index (κ1) is 15.7. The molecule has 0 bridgehead atoms. The summed E-state index contributed by atoms with van der Waals surface area (Å²) in [5.74, 6) is -0.925. The Kier molecular flexibility index (Phi) is 4.52. The topological polar surface area (TPSA) is 49.7 Å². The molecule has 3 heteroatoms. The summed E-state index contributed by atoms with van der Waals surface area (Å²) >= 11 is 0. The summed E-state index contributed by atoms with van der Waals surface area (Å²) in [6, 6.07) is 23.0. The Bertz CT molecular complexity index is 881. The first-order valence-corrected chi connectivity index (χ1v) is 7.67. The summed E-state index contributed by atoms with van der Waals surface area (Å²) in [6.07, 6.45) is 1.74. The first-order chi connectivity index (χ1) is 11.6. The van der Waals surface area contributed by atoms with Crippen molar-refractivity contribution in [2.45, 2.75) is 6.92 Å². The molecule has 1 N–H and O–H groups in total. The van der Waals surface area contributed by atoms with Crippen LogP contribution in [0.1, 0.15) is 21.5 Å². The van der Waals surface area contributed by atoms with Gasteiger partial charge in [-0.25, -0.2) is 4.79 Å². The number of hydrogen-bond acceptors (Lipinski definition) is 2. The summed E-state index contributed by atoms with van der Waals surface area (Å²) < 4.78 is 0. The second-order valence-corrected chi connectivity index (χ2v) is 5.55. The number of carboxylic acid groups (broad SMARTS) is 1. The van der Waals surface area contributed by atoms with Gasteiger partial charge in [0.15, 0.2) is 0 Å². The van der Waals surface area contributed by atoms with Gasteiger partial charge in [-0.05, 0) is 53.4 Å². The Balaban J connectivity index is 1.81. The zero-order valence-electron chi connectivity index (χ0n) is 13.3. The molecule has 0 aliphatic carbocycles. The normalized spacial score (nSPS) is 10.9. The van der Waals surface area contributed by atoms with Gasteiger partial charge in [0, 0.05) is 6.21 Å². The second-order valence-electron chi connectivity index (χ2n) is 5.55. The Hall–Kier alpha value is -3.20. The molecule has 3 nitrogen and oxygen atoms in total. The third kappa shape index (κ3) is 3.58. The fourth-order valence-corrected chi connectivity index (χ4v) is 2.53. The fourth-order valence-electron chi connectivity index (χ4n) is 2.53.